The molecule has 1 unspecified atom stereocenters. The lowest BCUT2D eigenvalue weighted by atomic mass is 9.65. The van der Waals surface area contributed by atoms with Gasteiger partial charge in [-0.3, -0.25) is 19.5 Å². The molecule has 6 nitrogen and oxygen atoms in total. The van der Waals surface area contributed by atoms with Crippen LogP contribution in [0.2, 0.25) is 0 Å². The number of nitrogens with zero attached hydrogens (tertiary/aromatic N) is 3. The number of ketones is 1. The first-order valence-corrected chi connectivity index (χ1v) is 16.6. The quantitative estimate of drug-likeness (QED) is 0.0860. The standard InChI is InChI=1S/C43H39N3O3/c1-42(2)41(38(48)29-47)46(30-45(42)28-31-26-27-44-40-37(31)20-13-21-39(40)49-3)36-24-22-35(23-25-36)43(32-14-7-4-8-15-32,33-16-9-5-10-17-33)34-18-11-6-12-19-34/h4-27,29,41H,28,30H2,1-3H3. The second-order valence-corrected chi connectivity index (χ2v) is 13.1. The van der Waals surface area contributed by atoms with E-state index in [1.54, 1.807) is 13.3 Å². The molecular formula is C43H39N3O3. The highest BCUT2D eigenvalue weighted by Gasteiger charge is 2.50. The number of hydrogen-bond donors (Lipinski definition) is 0. The third kappa shape index (κ3) is 5.48. The predicted molar refractivity (Wildman–Crippen MR) is 195 cm³/mol. The summed E-state index contributed by atoms with van der Waals surface area (Å²) in [7, 11) is 1.65. The third-order valence-corrected chi connectivity index (χ3v) is 10.2. The zero-order chi connectivity index (χ0) is 34.0. The summed E-state index contributed by atoms with van der Waals surface area (Å²) in [6, 6.07) is 47.6. The van der Waals surface area contributed by atoms with Gasteiger partial charge in [-0.15, -0.1) is 0 Å². The summed E-state index contributed by atoms with van der Waals surface area (Å²) in [4.78, 5) is 34.4. The fourth-order valence-electron chi connectivity index (χ4n) is 7.73. The van der Waals surface area contributed by atoms with Gasteiger partial charge in [-0.05, 0) is 65.9 Å². The van der Waals surface area contributed by atoms with Gasteiger partial charge in [0.2, 0.25) is 5.78 Å². The molecule has 6 aromatic rings. The summed E-state index contributed by atoms with van der Waals surface area (Å²) < 4.78 is 5.58. The van der Waals surface area contributed by atoms with E-state index in [2.05, 4.69) is 112 Å². The molecule has 1 aromatic heterocycles. The zero-order valence-electron chi connectivity index (χ0n) is 28.0. The van der Waals surface area contributed by atoms with E-state index in [-0.39, 0.29) is 0 Å². The molecule has 1 atom stereocenters. The van der Waals surface area contributed by atoms with Gasteiger partial charge in [0, 0.05) is 29.4 Å². The Labute approximate surface area is 287 Å². The number of hydrogen-bond acceptors (Lipinski definition) is 6. The van der Waals surface area contributed by atoms with Crippen LogP contribution in [0.25, 0.3) is 10.9 Å². The molecule has 0 N–H and O–H groups in total. The number of aldehydes is 1. The lowest BCUT2D eigenvalue weighted by Crippen LogP contribution is -2.51. The van der Waals surface area contributed by atoms with Crippen molar-refractivity contribution in [1.82, 2.24) is 9.88 Å². The molecule has 0 radical (unpaired) electrons. The van der Waals surface area contributed by atoms with Crippen molar-refractivity contribution in [3.63, 3.8) is 0 Å². The average molecular weight is 646 g/mol. The number of ether oxygens (including phenoxy) is 1. The highest BCUT2D eigenvalue weighted by atomic mass is 16.5. The van der Waals surface area contributed by atoms with E-state index >= 15 is 0 Å². The van der Waals surface area contributed by atoms with Gasteiger partial charge in [-0.1, -0.05) is 115 Å². The highest BCUT2D eigenvalue weighted by molar-refractivity contribution is 6.29. The number of Topliss-reactive ketones (excluding diaryl/α,β-unsaturated/α-hetero) is 1. The van der Waals surface area contributed by atoms with Crippen LogP contribution < -0.4 is 9.64 Å². The first-order chi connectivity index (χ1) is 23.9. The van der Waals surface area contributed by atoms with Crippen molar-refractivity contribution in [1.29, 1.82) is 0 Å². The number of para-hydroxylation sites is 1. The van der Waals surface area contributed by atoms with Crippen molar-refractivity contribution < 1.29 is 14.3 Å². The molecule has 2 heterocycles. The number of benzene rings is 5. The number of methoxy groups -OCH3 is 1. The van der Waals surface area contributed by atoms with Crippen LogP contribution in [0.4, 0.5) is 5.69 Å². The second kappa shape index (κ2) is 13.1. The van der Waals surface area contributed by atoms with Gasteiger partial charge in [0.25, 0.3) is 0 Å². The molecule has 49 heavy (non-hydrogen) atoms. The normalized spacial score (nSPS) is 16.1. The molecule has 0 spiro atoms. The van der Waals surface area contributed by atoms with Crippen LogP contribution >= 0.6 is 0 Å². The maximum absolute atomic E-state index is 13.4. The summed E-state index contributed by atoms with van der Waals surface area (Å²) >= 11 is 0. The zero-order valence-corrected chi connectivity index (χ0v) is 28.0. The first kappa shape index (κ1) is 32.0. The Kier molecular flexibility index (Phi) is 8.57. The van der Waals surface area contributed by atoms with Crippen molar-refractivity contribution in [3.8, 4) is 5.75 Å². The summed E-state index contributed by atoms with van der Waals surface area (Å²) in [6.45, 7) is 5.12. The topological polar surface area (TPSA) is 62.7 Å². The lowest BCUT2D eigenvalue weighted by Gasteiger charge is -2.37. The van der Waals surface area contributed by atoms with Crippen LogP contribution in [0.1, 0.15) is 41.7 Å². The van der Waals surface area contributed by atoms with Gasteiger partial charge in [-0.25, -0.2) is 0 Å². The number of aromatic nitrogens is 1. The fourth-order valence-corrected chi connectivity index (χ4v) is 7.73. The predicted octanol–water partition coefficient (Wildman–Crippen LogP) is 7.82. The molecule has 7 rings (SSSR count). The number of rotatable bonds is 10. The Hall–Kier alpha value is -5.59. The molecule has 0 saturated carbocycles. The molecule has 0 amide bonds. The first-order valence-electron chi connectivity index (χ1n) is 16.6. The second-order valence-electron chi connectivity index (χ2n) is 13.1. The van der Waals surface area contributed by atoms with Gasteiger partial charge in [0.15, 0.2) is 6.29 Å². The van der Waals surface area contributed by atoms with Crippen LogP contribution in [0.5, 0.6) is 5.75 Å². The van der Waals surface area contributed by atoms with Gasteiger partial charge < -0.3 is 9.64 Å². The molecule has 1 fully saturated rings. The van der Waals surface area contributed by atoms with Gasteiger partial charge in [0.1, 0.15) is 17.3 Å². The molecule has 5 aromatic carbocycles. The smallest absolute Gasteiger partial charge is 0.219 e. The Morgan fingerprint density at radius 3 is 1.86 bits per heavy atom. The van der Waals surface area contributed by atoms with E-state index < -0.39 is 22.8 Å². The maximum atomic E-state index is 13.4. The van der Waals surface area contributed by atoms with E-state index in [1.807, 2.05) is 56.3 Å². The number of fused-ring (bicyclic) bond motifs is 1. The molecule has 0 bridgehead atoms. The maximum Gasteiger partial charge on any atom is 0.219 e. The van der Waals surface area contributed by atoms with Crippen LogP contribution in [-0.4, -0.2) is 47.3 Å². The number of anilines is 1. The van der Waals surface area contributed by atoms with Gasteiger partial charge >= 0.3 is 0 Å². The van der Waals surface area contributed by atoms with Crippen molar-refractivity contribution >= 4 is 28.7 Å². The Morgan fingerprint density at radius 1 is 0.776 bits per heavy atom. The fraction of sp³-hybridized carbons (Fsp3) is 0.186. The third-order valence-electron chi connectivity index (χ3n) is 10.2. The summed E-state index contributed by atoms with van der Waals surface area (Å²) in [5.41, 5.74) is 6.09. The van der Waals surface area contributed by atoms with E-state index in [0.717, 1.165) is 44.4 Å². The minimum absolute atomic E-state index is 0.440. The number of carbonyl (C=O) groups is 2. The van der Waals surface area contributed by atoms with Gasteiger partial charge in [-0.2, -0.15) is 0 Å². The average Bonchev–Trinajstić information content (AvgIpc) is 3.42. The minimum Gasteiger partial charge on any atom is -0.494 e. The minimum atomic E-state index is -0.666. The number of carbonyl (C=O) groups excluding carboxylic acids is 2. The summed E-state index contributed by atoms with van der Waals surface area (Å²) in [6.07, 6.45) is 2.27. The molecule has 1 aliphatic heterocycles. The van der Waals surface area contributed by atoms with E-state index in [4.69, 9.17) is 4.74 Å². The van der Waals surface area contributed by atoms with Crippen molar-refractivity contribution in [2.24, 2.45) is 0 Å². The lowest BCUT2D eigenvalue weighted by molar-refractivity contribution is -0.131. The molecule has 0 aliphatic carbocycles. The molecular weight excluding hydrogens is 606 g/mol. The summed E-state index contributed by atoms with van der Waals surface area (Å²) in [5.74, 6) is 0.276. The summed E-state index contributed by atoms with van der Waals surface area (Å²) in [5, 5.41) is 0.998. The van der Waals surface area contributed by atoms with Crippen molar-refractivity contribution in [2.75, 3.05) is 18.7 Å². The van der Waals surface area contributed by atoms with Crippen LogP contribution in [0.3, 0.4) is 0 Å². The van der Waals surface area contributed by atoms with E-state index in [1.165, 1.54) is 0 Å². The van der Waals surface area contributed by atoms with Gasteiger partial charge in [0.05, 0.1) is 19.2 Å². The molecule has 244 valence electrons. The van der Waals surface area contributed by atoms with E-state index in [9.17, 15) is 9.59 Å². The Bertz CT molecular complexity index is 1980. The van der Waals surface area contributed by atoms with Crippen LogP contribution in [0, 0.1) is 0 Å². The SMILES string of the molecule is COc1cccc2c(CN3CN(c4ccc(C(c5ccccc5)(c5ccccc5)c5ccccc5)cc4)C(C(=O)C=O)C3(C)C)ccnc12. The molecule has 1 aliphatic rings. The van der Waals surface area contributed by atoms with E-state index in [0.29, 0.717) is 25.2 Å². The molecule has 1 saturated heterocycles. The monoisotopic (exact) mass is 645 g/mol. The molecule has 6 heteroatoms. The van der Waals surface area contributed by atoms with Crippen LogP contribution in [-0.2, 0) is 21.5 Å². The van der Waals surface area contributed by atoms with Crippen molar-refractivity contribution in [2.45, 2.75) is 37.4 Å². The Morgan fingerprint density at radius 2 is 1.33 bits per heavy atom. The Balaban J connectivity index is 1.31. The largest absolute Gasteiger partial charge is 0.494 e. The van der Waals surface area contributed by atoms with Crippen LogP contribution in [0.15, 0.2) is 146 Å². The highest BCUT2D eigenvalue weighted by Crippen LogP contribution is 2.46. The van der Waals surface area contributed by atoms with Crippen molar-refractivity contribution in [3.05, 3.63) is 174 Å². The number of pyridine rings is 1.